The predicted molar refractivity (Wildman–Crippen MR) is 128 cm³/mol. The van der Waals surface area contributed by atoms with Gasteiger partial charge in [0.15, 0.2) is 11.6 Å². The van der Waals surface area contributed by atoms with Gasteiger partial charge in [0.2, 0.25) is 0 Å². The van der Waals surface area contributed by atoms with Gasteiger partial charge in [-0.1, -0.05) is 18.2 Å². The number of guanidine groups is 1. The topological polar surface area (TPSA) is 66.6 Å². The first-order valence-electron chi connectivity index (χ1n) is 10.3. The van der Waals surface area contributed by atoms with Crippen molar-refractivity contribution in [3.8, 4) is 0 Å². The second-order valence-electron chi connectivity index (χ2n) is 7.56. The van der Waals surface area contributed by atoms with Crippen LogP contribution in [0.15, 0.2) is 53.7 Å². The highest BCUT2D eigenvalue weighted by atomic mass is 127. The molecule has 0 spiro atoms. The first-order chi connectivity index (χ1) is 14.2. The summed E-state index contributed by atoms with van der Waals surface area (Å²) >= 11 is 0. The van der Waals surface area contributed by atoms with E-state index in [0.717, 1.165) is 61.8 Å². The molecule has 1 aliphatic carbocycles. The van der Waals surface area contributed by atoms with Gasteiger partial charge in [-0.2, -0.15) is 0 Å². The summed E-state index contributed by atoms with van der Waals surface area (Å²) in [6.45, 7) is 4.31. The number of rotatable bonds is 8. The van der Waals surface area contributed by atoms with E-state index >= 15 is 0 Å². The Morgan fingerprint density at radius 2 is 2.03 bits per heavy atom. The minimum Gasteiger partial charge on any atom is -0.357 e. The van der Waals surface area contributed by atoms with Gasteiger partial charge in [-0.25, -0.2) is 4.39 Å². The highest BCUT2D eigenvalue weighted by molar-refractivity contribution is 14.0. The summed E-state index contributed by atoms with van der Waals surface area (Å²) in [7, 11) is 0. The zero-order valence-corrected chi connectivity index (χ0v) is 19.5. The van der Waals surface area contributed by atoms with Crippen LogP contribution in [-0.4, -0.2) is 40.2 Å². The Bertz CT molecular complexity index is 998. The molecule has 0 unspecified atom stereocenters. The van der Waals surface area contributed by atoms with Gasteiger partial charge in [0.25, 0.3) is 0 Å². The van der Waals surface area contributed by atoms with Crippen molar-refractivity contribution in [1.29, 1.82) is 0 Å². The lowest BCUT2D eigenvalue weighted by molar-refractivity contribution is 0.615. The summed E-state index contributed by atoms with van der Waals surface area (Å²) in [5.74, 6) is 1.59. The van der Waals surface area contributed by atoms with Crippen LogP contribution in [0.4, 0.5) is 4.39 Å². The number of aromatic nitrogens is 3. The molecule has 1 fully saturated rings. The Balaban J connectivity index is 0.00000256. The van der Waals surface area contributed by atoms with Gasteiger partial charge < -0.3 is 10.6 Å². The third-order valence-corrected chi connectivity index (χ3v) is 5.43. The van der Waals surface area contributed by atoms with E-state index in [4.69, 9.17) is 4.99 Å². The van der Waals surface area contributed by atoms with E-state index in [0.29, 0.717) is 6.54 Å². The molecule has 1 aromatic carbocycles. The van der Waals surface area contributed by atoms with E-state index in [1.54, 1.807) is 12.1 Å². The molecule has 0 atom stereocenters. The molecule has 0 saturated heterocycles. The van der Waals surface area contributed by atoms with Gasteiger partial charge in [0.05, 0.1) is 6.54 Å². The third-order valence-electron chi connectivity index (χ3n) is 5.43. The molecule has 0 aliphatic heterocycles. The SMILES string of the molecule is CCNC(=NCC1(c2cccc(F)c2)CC1)NCCCc1nnc2ccccn12.I. The Kier molecular flexibility index (Phi) is 7.63. The molecule has 1 saturated carbocycles. The lowest BCUT2D eigenvalue weighted by atomic mass is 9.96. The standard InChI is InChI=1S/C22H27FN6.HI/c1-2-24-21(26-16-22(11-12-22)17-7-5-8-18(23)15-17)25-13-6-10-20-28-27-19-9-3-4-14-29(19)20;/h3-5,7-9,14-15H,2,6,10-13,16H2,1H3,(H2,24,25,26);1H. The van der Waals surface area contributed by atoms with Crippen molar-refractivity contribution in [2.24, 2.45) is 4.99 Å². The molecule has 2 aromatic heterocycles. The molecule has 6 nitrogen and oxygen atoms in total. The molecular formula is C22H28FIN6. The van der Waals surface area contributed by atoms with Crippen LogP contribution >= 0.6 is 24.0 Å². The van der Waals surface area contributed by atoms with E-state index in [-0.39, 0.29) is 35.2 Å². The zero-order chi connectivity index (χ0) is 20.1. The summed E-state index contributed by atoms with van der Waals surface area (Å²) in [4.78, 5) is 4.78. The smallest absolute Gasteiger partial charge is 0.191 e. The Labute approximate surface area is 193 Å². The molecule has 160 valence electrons. The highest BCUT2D eigenvalue weighted by Crippen LogP contribution is 2.48. The van der Waals surface area contributed by atoms with E-state index in [1.165, 1.54) is 6.07 Å². The van der Waals surface area contributed by atoms with Crippen LogP contribution in [0.5, 0.6) is 0 Å². The van der Waals surface area contributed by atoms with Gasteiger partial charge in [-0.05, 0) is 56.0 Å². The van der Waals surface area contributed by atoms with Crippen LogP contribution in [0.2, 0.25) is 0 Å². The van der Waals surface area contributed by atoms with Crippen LogP contribution in [0.25, 0.3) is 5.65 Å². The van der Waals surface area contributed by atoms with Crippen molar-refractivity contribution in [3.05, 3.63) is 65.9 Å². The zero-order valence-electron chi connectivity index (χ0n) is 17.1. The molecule has 30 heavy (non-hydrogen) atoms. The van der Waals surface area contributed by atoms with Crippen molar-refractivity contribution in [2.45, 2.75) is 38.0 Å². The monoisotopic (exact) mass is 522 g/mol. The molecule has 0 bridgehead atoms. The fourth-order valence-corrected chi connectivity index (χ4v) is 3.59. The first-order valence-corrected chi connectivity index (χ1v) is 10.3. The van der Waals surface area contributed by atoms with Crippen molar-refractivity contribution in [3.63, 3.8) is 0 Å². The number of aliphatic imine (C=N–C) groups is 1. The number of benzene rings is 1. The molecule has 2 heterocycles. The minimum absolute atomic E-state index is 0. The fraction of sp³-hybridized carbons (Fsp3) is 0.409. The number of pyridine rings is 1. The summed E-state index contributed by atoms with van der Waals surface area (Å²) < 4.78 is 15.6. The van der Waals surface area contributed by atoms with Gasteiger partial charge in [0, 0.05) is 31.1 Å². The van der Waals surface area contributed by atoms with E-state index < -0.39 is 0 Å². The molecule has 3 aromatic rings. The van der Waals surface area contributed by atoms with E-state index in [9.17, 15) is 4.39 Å². The second-order valence-corrected chi connectivity index (χ2v) is 7.56. The van der Waals surface area contributed by atoms with Crippen molar-refractivity contribution >= 4 is 35.6 Å². The Morgan fingerprint density at radius 3 is 2.80 bits per heavy atom. The maximum Gasteiger partial charge on any atom is 0.191 e. The van der Waals surface area contributed by atoms with Gasteiger partial charge in [-0.3, -0.25) is 9.39 Å². The quantitative estimate of drug-likeness (QED) is 0.205. The lowest BCUT2D eigenvalue weighted by Crippen LogP contribution is -2.38. The highest BCUT2D eigenvalue weighted by Gasteiger charge is 2.44. The Hall–Kier alpha value is -2.23. The van der Waals surface area contributed by atoms with Gasteiger partial charge in [-0.15, -0.1) is 34.2 Å². The predicted octanol–water partition coefficient (Wildman–Crippen LogP) is 3.71. The minimum atomic E-state index is -0.177. The van der Waals surface area contributed by atoms with E-state index in [1.807, 2.05) is 34.9 Å². The van der Waals surface area contributed by atoms with Crippen LogP contribution in [-0.2, 0) is 11.8 Å². The molecule has 0 radical (unpaired) electrons. The maximum absolute atomic E-state index is 13.6. The average Bonchev–Trinajstić information content (AvgIpc) is 3.43. The number of nitrogens with zero attached hydrogens (tertiary/aromatic N) is 4. The van der Waals surface area contributed by atoms with Gasteiger partial charge >= 0.3 is 0 Å². The molecule has 0 amide bonds. The molecular weight excluding hydrogens is 494 g/mol. The lowest BCUT2D eigenvalue weighted by Gasteiger charge is -2.16. The molecule has 1 aliphatic rings. The number of hydrogen-bond acceptors (Lipinski definition) is 3. The van der Waals surface area contributed by atoms with Gasteiger partial charge in [0.1, 0.15) is 11.6 Å². The van der Waals surface area contributed by atoms with Crippen LogP contribution < -0.4 is 10.6 Å². The number of halogens is 2. The fourth-order valence-electron chi connectivity index (χ4n) is 3.59. The molecule has 4 rings (SSSR count). The second kappa shape index (κ2) is 10.2. The number of aryl methyl sites for hydroxylation is 1. The molecule has 2 N–H and O–H groups in total. The number of nitrogens with one attached hydrogen (secondary N) is 2. The normalized spacial score (nSPS) is 14.9. The number of hydrogen-bond donors (Lipinski definition) is 2. The first kappa shape index (κ1) is 22.5. The maximum atomic E-state index is 13.6. The molecule has 8 heteroatoms. The number of fused-ring (bicyclic) bond motifs is 1. The van der Waals surface area contributed by atoms with Crippen LogP contribution in [0.1, 0.15) is 37.6 Å². The van der Waals surface area contributed by atoms with Crippen molar-refractivity contribution in [2.75, 3.05) is 19.6 Å². The van der Waals surface area contributed by atoms with Crippen molar-refractivity contribution < 1.29 is 4.39 Å². The summed E-state index contributed by atoms with van der Waals surface area (Å²) in [5, 5.41) is 15.2. The summed E-state index contributed by atoms with van der Waals surface area (Å²) in [6, 6.07) is 12.8. The van der Waals surface area contributed by atoms with E-state index in [2.05, 4.69) is 27.8 Å². The average molecular weight is 522 g/mol. The largest absolute Gasteiger partial charge is 0.357 e. The summed E-state index contributed by atoms with van der Waals surface area (Å²) in [6.07, 6.45) is 5.86. The Morgan fingerprint density at radius 1 is 1.17 bits per heavy atom. The third kappa shape index (κ3) is 5.27. The van der Waals surface area contributed by atoms with Crippen molar-refractivity contribution in [1.82, 2.24) is 25.2 Å². The summed E-state index contributed by atoms with van der Waals surface area (Å²) in [5.41, 5.74) is 1.92. The van der Waals surface area contributed by atoms with Crippen LogP contribution in [0.3, 0.4) is 0 Å². The van der Waals surface area contributed by atoms with Crippen LogP contribution in [0, 0.1) is 5.82 Å².